The molecule has 3 rings (SSSR count). The van der Waals surface area contributed by atoms with E-state index < -0.39 is 18.3 Å². The Morgan fingerprint density at radius 3 is 2.30 bits per heavy atom. The number of pyridine rings is 1. The molecule has 0 unspecified atom stereocenters. The van der Waals surface area contributed by atoms with E-state index >= 15 is 0 Å². The summed E-state index contributed by atoms with van der Waals surface area (Å²) < 4.78 is 12.1. The first-order valence-electron chi connectivity index (χ1n) is 7.64. The van der Waals surface area contributed by atoms with E-state index in [0.717, 1.165) is 16.7 Å². The maximum Gasteiger partial charge on any atom is 0.514 e. The van der Waals surface area contributed by atoms with Gasteiger partial charge in [-0.1, -0.05) is 12.1 Å². The molecule has 0 spiro atoms. The van der Waals surface area contributed by atoms with Crippen molar-refractivity contribution in [1.82, 2.24) is 4.98 Å². The highest BCUT2D eigenvalue weighted by atomic mass is 16.7. The molecule has 1 fully saturated rings. The first kappa shape index (κ1) is 15.7. The highest BCUT2D eigenvalue weighted by molar-refractivity contribution is 6.61. The lowest BCUT2D eigenvalue weighted by Gasteiger charge is -2.32. The Kier molecular flexibility index (Phi) is 3.75. The maximum absolute atomic E-state index is 9.05. The topological polar surface area (TPSA) is 55.1 Å². The van der Waals surface area contributed by atoms with Crippen molar-refractivity contribution >= 4 is 12.7 Å². The molecule has 2 heterocycles. The third kappa shape index (κ3) is 2.88. The van der Waals surface area contributed by atoms with Gasteiger partial charge in [0.2, 0.25) is 0 Å². The quantitative estimate of drug-likeness (QED) is 0.801. The summed E-state index contributed by atoms with van der Waals surface area (Å²) in [4.78, 5) is 4.41. The number of hydrogen-bond donors (Lipinski definition) is 0. The maximum atomic E-state index is 9.05. The molecule has 1 aliphatic heterocycles. The van der Waals surface area contributed by atoms with Crippen molar-refractivity contribution in [2.24, 2.45) is 0 Å². The van der Waals surface area contributed by atoms with Gasteiger partial charge in [-0.25, -0.2) is 0 Å². The van der Waals surface area contributed by atoms with Crippen molar-refractivity contribution in [2.45, 2.75) is 38.9 Å². The minimum absolute atomic E-state index is 0.393. The van der Waals surface area contributed by atoms with Crippen LogP contribution in [0.1, 0.15) is 33.3 Å². The van der Waals surface area contributed by atoms with Crippen LogP contribution in [-0.2, 0) is 9.31 Å². The van der Waals surface area contributed by atoms with Gasteiger partial charge in [0.15, 0.2) is 0 Å². The van der Waals surface area contributed by atoms with Crippen LogP contribution in [0.2, 0.25) is 0 Å². The SMILES string of the molecule is CC1(C)OB(c2cc(-c3cccc(C#N)c3)ccn2)OC1(C)C. The smallest absolute Gasteiger partial charge is 0.398 e. The van der Waals surface area contributed by atoms with Gasteiger partial charge in [-0.3, -0.25) is 4.98 Å². The minimum atomic E-state index is -0.487. The monoisotopic (exact) mass is 306 g/mol. The first-order valence-corrected chi connectivity index (χ1v) is 7.64. The van der Waals surface area contributed by atoms with Gasteiger partial charge in [-0.05, 0) is 63.1 Å². The second-order valence-corrected chi connectivity index (χ2v) is 6.75. The Bertz CT molecular complexity index is 765. The van der Waals surface area contributed by atoms with Crippen LogP contribution < -0.4 is 5.59 Å². The van der Waals surface area contributed by atoms with Crippen molar-refractivity contribution < 1.29 is 9.31 Å². The fourth-order valence-corrected chi connectivity index (χ4v) is 2.49. The summed E-state index contributed by atoms with van der Waals surface area (Å²) >= 11 is 0. The van der Waals surface area contributed by atoms with Crippen LogP contribution in [0.3, 0.4) is 0 Å². The number of rotatable bonds is 2. The molecule has 4 nitrogen and oxygen atoms in total. The van der Waals surface area contributed by atoms with Crippen LogP contribution in [0.5, 0.6) is 0 Å². The van der Waals surface area contributed by atoms with E-state index in [-0.39, 0.29) is 0 Å². The van der Waals surface area contributed by atoms with E-state index in [1.165, 1.54) is 0 Å². The number of hydrogen-bond acceptors (Lipinski definition) is 4. The standard InChI is InChI=1S/C18H19BN2O2/c1-17(2)18(3,4)23-19(22-17)16-11-15(8-9-21-16)14-7-5-6-13(10-14)12-20/h5-11H,1-4H3. The van der Waals surface area contributed by atoms with Gasteiger partial charge in [0.05, 0.1) is 28.4 Å². The summed E-state index contributed by atoms with van der Waals surface area (Å²) in [6, 6.07) is 13.6. The zero-order valence-corrected chi connectivity index (χ0v) is 13.8. The third-order valence-electron chi connectivity index (χ3n) is 4.60. The molecule has 1 aromatic carbocycles. The second kappa shape index (κ2) is 5.49. The molecule has 1 saturated heterocycles. The van der Waals surface area contributed by atoms with Crippen molar-refractivity contribution in [2.75, 3.05) is 0 Å². The summed E-state index contributed by atoms with van der Waals surface area (Å²) in [5, 5.41) is 9.05. The Hall–Kier alpha value is -2.16. The Morgan fingerprint density at radius 1 is 1.00 bits per heavy atom. The molecule has 0 amide bonds. The third-order valence-corrected chi connectivity index (χ3v) is 4.60. The highest BCUT2D eigenvalue weighted by Crippen LogP contribution is 2.36. The molecule has 0 bridgehead atoms. The van der Waals surface area contributed by atoms with Gasteiger partial charge < -0.3 is 9.31 Å². The second-order valence-electron chi connectivity index (χ2n) is 6.75. The Labute approximate surface area is 137 Å². The fraction of sp³-hybridized carbons (Fsp3) is 0.333. The van der Waals surface area contributed by atoms with Crippen molar-refractivity contribution in [3.63, 3.8) is 0 Å². The van der Waals surface area contributed by atoms with Crippen LogP contribution in [0.4, 0.5) is 0 Å². The van der Waals surface area contributed by atoms with E-state index in [2.05, 4.69) is 11.1 Å². The van der Waals surface area contributed by atoms with Crippen molar-refractivity contribution in [3.05, 3.63) is 48.2 Å². The number of nitriles is 1. The predicted octanol–water partition coefficient (Wildman–Crippen LogP) is 2.92. The van der Waals surface area contributed by atoms with Crippen molar-refractivity contribution in [3.8, 4) is 17.2 Å². The van der Waals surface area contributed by atoms with E-state index in [0.29, 0.717) is 5.56 Å². The van der Waals surface area contributed by atoms with Crippen LogP contribution in [-0.4, -0.2) is 23.3 Å². The van der Waals surface area contributed by atoms with Crippen LogP contribution in [0, 0.1) is 11.3 Å². The van der Waals surface area contributed by atoms with Gasteiger partial charge in [-0.2, -0.15) is 5.26 Å². The largest absolute Gasteiger partial charge is 0.514 e. The molecule has 116 valence electrons. The Balaban J connectivity index is 1.94. The lowest BCUT2D eigenvalue weighted by molar-refractivity contribution is 0.00578. The summed E-state index contributed by atoms with van der Waals surface area (Å²) in [6.07, 6.45) is 1.74. The molecule has 23 heavy (non-hydrogen) atoms. The average molecular weight is 306 g/mol. The predicted molar refractivity (Wildman–Crippen MR) is 90.1 cm³/mol. The molecule has 2 aromatic rings. The first-order chi connectivity index (χ1) is 10.8. The average Bonchev–Trinajstić information content (AvgIpc) is 2.76. The van der Waals surface area contributed by atoms with Crippen LogP contribution in [0.25, 0.3) is 11.1 Å². The molecule has 1 aromatic heterocycles. The zero-order valence-electron chi connectivity index (χ0n) is 13.8. The van der Waals surface area contributed by atoms with E-state index in [4.69, 9.17) is 14.6 Å². The van der Waals surface area contributed by atoms with Gasteiger partial charge >= 0.3 is 7.12 Å². The summed E-state index contributed by atoms with van der Waals surface area (Å²) in [5.41, 5.74) is 2.55. The fourth-order valence-electron chi connectivity index (χ4n) is 2.49. The lowest BCUT2D eigenvalue weighted by atomic mass is 9.83. The van der Waals surface area contributed by atoms with E-state index in [9.17, 15) is 0 Å². The molecular formula is C18H19BN2O2. The normalized spacial score (nSPS) is 18.7. The molecule has 5 heteroatoms. The summed E-state index contributed by atoms with van der Waals surface area (Å²) in [5.74, 6) is 0. The molecule has 0 aliphatic carbocycles. The van der Waals surface area contributed by atoms with E-state index in [1.807, 2.05) is 58.0 Å². The number of benzene rings is 1. The summed E-state index contributed by atoms with van der Waals surface area (Å²) in [6.45, 7) is 8.08. The van der Waals surface area contributed by atoms with Gasteiger partial charge in [-0.15, -0.1) is 0 Å². The molecule has 0 N–H and O–H groups in total. The van der Waals surface area contributed by atoms with Crippen LogP contribution >= 0.6 is 0 Å². The van der Waals surface area contributed by atoms with Gasteiger partial charge in [0, 0.05) is 6.20 Å². The molecule has 1 aliphatic rings. The highest BCUT2D eigenvalue weighted by Gasteiger charge is 2.52. The molecule has 0 saturated carbocycles. The molecule has 0 atom stereocenters. The molecule has 0 radical (unpaired) electrons. The lowest BCUT2D eigenvalue weighted by Crippen LogP contribution is -2.41. The zero-order chi connectivity index (χ0) is 16.7. The number of nitrogens with zero attached hydrogens (tertiary/aromatic N) is 2. The summed E-state index contributed by atoms with van der Waals surface area (Å²) in [7, 11) is -0.487. The van der Waals surface area contributed by atoms with Crippen LogP contribution in [0.15, 0.2) is 42.6 Å². The van der Waals surface area contributed by atoms with E-state index in [1.54, 1.807) is 12.3 Å². The Morgan fingerprint density at radius 2 is 1.65 bits per heavy atom. The number of aromatic nitrogens is 1. The van der Waals surface area contributed by atoms with Gasteiger partial charge in [0.25, 0.3) is 0 Å². The van der Waals surface area contributed by atoms with Crippen molar-refractivity contribution in [1.29, 1.82) is 5.26 Å². The van der Waals surface area contributed by atoms with Gasteiger partial charge in [0.1, 0.15) is 0 Å². The molecular weight excluding hydrogens is 287 g/mol. The minimum Gasteiger partial charge on any atom is -0.398 e.